The topological polar surface area (TPSA) is 50.4 Å². The van der Waals surface area contributed by atoms with Gasteiger partial charge in [-0.3, -0.25) is 4.79 Å². The molecule has 0 radical (unpaired) electrons. The summed E-state index contributed by atoms with van der Waals surface area (Å²) >= 11 is 0. The summed E-state index contributed by atoms with van der Waals surface area (Å²) in [6, 6.07) is 4.43. The molecule has 0 saturated carbocycles. The van der Waals surface area contributed by atoms with Gasteiger partial charge in [0.1, 0.15) is 5.82 Å². The number of halogens is 1. The first-order chi connectivity index (χ1) is 8.65. The van der Waals surface area contributed by atoms with E-state index in [1.165, 1.54) is 12.1 Å². The number of hydrogen-bond acceptors (Lipinski definition) is 3. The summed E-state index contributed by atoms with van der Waals surface area (Å²) in [5.41, 5.74) is 1.09. The van der Waals surface area contributed by atoms with Gasteiger partial charge < -0.3 is 15.4 Å². The molecule has 1 fully saturated rings. The lowest BCUT2D eigenvalue weighted by molar-refractivity contribution is 0.0734. The minimum Gasteiger partial charge on any atom is -0.378 e. The molecule has 2 N–H and O–H groups in total. The van der Waals surface area contributed by atoms with E-state index in [0.717, 1.165) is 12.1 Å². The molecule has 1 heterocycles. The number of ether oxygens (including phenoxy) is 1. The van der Waals surface area contributed by atoms with E-state index < -0.39 is 0 Å². The molecule has 4 nitrogen and oxygen atoms in total. The van der Waals surface area contributed by atoms with E-state index in [1.807, 2.05) is 0 Å². The Labute approximate surface area is 106 Å². The molecule has 1 atom stereocenters. The quantitative estimate of drug-likeness (QED) is 0.838. The predicted octanol–water partition coefficient (Wildman–Crippen LogP) is 0.852. The molecular formula is C13H17FN2O2. The zero-order valence-electron chi connectivity index (χ0n) is 10.3. The van der Waals surface area contributed by atoms with Gasteiger partial charge >= 0.3 is 0 Å². The van der Waals surface area contributed by atoms with E-state index in [4.69, 9.17) is 4.74 Å². The van der Waals surface area contributed by atoms with Gasteiger partial charge in [-0.25, -0.2) is 4.39 Å². The van der Waals surface area contributed by atoms with E-state index >= 15 is 0 Å². The van der Waals surface area contributed by atoms with E-state index in [1.54, 1.807) is 13.0 Å². The van der Waals surface area contributed by atoms with Gasteiger partial charge in [0.25, 0.3) is 5.91 Å². The lowest BCUT2D eigenvalue weighted by Crippen LogP contribution is -2.48. The van der Waals surface area contributed by atoms with Crippen LogP contribution in [-0.2, 0) is 4.74 Å². The predicted molar refractivity (Wildman–Crippen MR) is 66.1 cm³/mol. The van der Waals surface area contributed by atoms with Gasteiger partial charge in [-0.1, -0.05) is 0 Å². The number of aryl methyl sites for hydroxylation is 1. The van der Waals surface area contributed by atoms with E-state index in [9.17, 15) is 9.18 Å². The third-order valence-corrected chi connectivity index (χ3v) is 2.81. The maximum Gasteiger partial charge on any atom is 0.251 e. The number of benzene rings is 1. The Balaban J connectivity index is 1.90. The summed E-state index contributed by atoms with van der Waals surface area (Å²) in [5.74, 6) is -0.649. The van der Waals surface area contributed by atoms with Crippen molar-refractivity contribution in [1.82, 2.24) is 10.6 Å². The maximum absolute atomic E-state index is 13.2. The van der Waals surface area contributed by atoms with Crippen molar-refractivity contribution in [1.29, 1.82) is 0 Å². The molecule has 1 aromatic rings. The van der Waals surface area contributed by atoms with Gasteiger partial charge in [-0.2, -0.15) is 0 Å². The van der Waals surface area contributed by atoms with Crippen molar-refractivity contribution in [2.75, 3.05) is 26.3 Å². The van der Waals surface area contributed by atoms with Gasteiger partial charge in [0, 0.05) is 24.7 Å². The zero-order valence-corrected chi connectivity index (χ0v) is 10.3. The number of carbonyl (C=O) groups is 1. The molecule has 1 aliphatic rings. The first-order valence-corrected chi connectivity index (χ1v) is 6.01. The molecule has 18 heavy (non-hydrogen) atoms. The van der Waals surface area contributed by atoms with Crippen molar-refractivity contribution in [3.63, 3.8) is 0 Å². The summed E-state index contributed by atoms with van der Waals surface area (Å²) in [6.45, 7) is 4.32. The van der Waals surface area contributed by atoms with E-state index in [0.29, 0.717) is 25.3 Å². The molecular weight excluding hydrogens is 235 g/mol. The van der Waals surface area contributed by atoms with Gasteiger partial charge in [-0.05, 0) is 30.7 Å². The fraction of sp³-hybridized carbons (Fsp3) is 0.462. The van der Waals surface area contributed by atoms with Crippen molar-refractivity contribution >= 4 is 5.91 Å². The number of morpholine rings is 1. The molecule has 1 aromatic carbocycles. The number of amides is 1. The molecule has 0 bridgehead atoms. The smallest absolute Gasteiger partial charge is 0.251 e. The summed E-state index contributed by atoms with van der Waals surface area (Å²) in [6.07, 6.45) is 0. The molecule has 1 unspecified atom stereocenters. The molecule has 1 saturated heterocycles. The third-order valence-electron chi connectivity index (χ3n) is 2.81. The molecule has 1 aliphatic heterocycles. The van der Waals surface area contributed by atoms with Crippen LogP contribution in [0.2, 0.25) is 0 Å². The van der Waals surface area contributed by atoms with Gasteiger partial charge in [0.2, 0.25) is 0 Å². The average molecular weight is 252 g/mol. The monoisotopic (exact) mass is 252 g/mol. The maximum atomic E-state index is 13.2. The lowest BCUT2D eigenvalue weighted by atomic mass is 10.1. The Morgan fingerprint density at radius 2 is 2.39 bits per heavy atom. The van der Waals surface area contributed by atoms with Gasteiger partial charge in [0.05, 0.1) is 13.2 Å². The van der Waals surface area contributed by atoms with Crippen molar-refractivity contribution < 1.29 is 13.9 Å². The van der Waals surface area contributed by atoms with E-state index in [-0.39, 0.29) is 17.8 Å². The molecule has 0 aliphatic carbocycles. The van der Waals surface area contributed by atoms with Crippen molar-refractivity contribution in [2.45, 2.75) is 13.0 Å². The Bertz CT molecular complexity index is 411. The highest BCUT2D eigenvalue weighted by atomic mass is 19.1. The Morgan fingerprint density at radius 3 is 3.06 bits per heavy atom. The summed E-state index contributed by atoms with van der Waals surface area (Å²) in [4.78, 5) is 11.8. The molecule has 5 heteroatoms. The van der Waals surface area contributed by atoms with Crippen LogP contribution in [0.3, 0.4) is 0 Å². The highest BCUT2D eigenvalue weighted by molar-refractivity contribution is 5.94. The Kier molecular flexibility index (Phi) is 4.28. The number of rotatable bonds is 3. The van der Waals surface area contributed by atoms with Crippen molar-refractivity contribution in [3.8, 4) is 0 Å². The van der Waals surface area contributed by atoms with E-state index in [2.05, 4.69) is 10.6 Å². The second-order valence-corrected chi connectivity index (χ2v) is 4.45. The average Bonchev–Trinajstić information content (AvgIpc) is 2.36. The fourth-order valence-corrected chi connectivity index (χ4v) is 1.94. The van der Waals surface area contributed by atoms with Crippen LogP contribution in [0.5, 0.6) is 0 Å². The second kappa shape index (κ2) is 5.93. The standard InChI is InChI=1S/C13H17FN2O2/c1-9-4-10(6-11(14)5-9)13(17)16-7-12-8-18-3-2-15-12/h4-6,12,15H,2-3,7-8H2,1H3,(H,16,17). The van der Waals surface area contributed by atoms with Gasteiger partial charge in [0.15, 0.2) is 0 Å². The van der Waals surface area contributed by atoms with Crippen LogP contribution in [0.15, 0.2) is 18.2 Å². The molecule has 2 rings (SSSR count). The van der Waals surface area contributed by atoms with Crippen LogP contribution in [0.1, 0.15) is 15.9 Å². The first-order valence-electron chi connectivity index (χ1n) is 6.01. The van der Waals surface area contributed by atoms with Crippen LogP contribution in [0.25, 0.3) is 0 Å². The molecule has 98 valence electrons. The van der Waals surface area contributed by atoms with Crippen LogP contribution >= 0.6 is 0 Å². The third kappa shape index (κ3) is 3.51. The minimum absolute atomic E-state index is 0.123. The fourth-order valence-electron chi connectivity index (χ4n) is 1.94. The zero-order chi connectivity index (χ0) is 13.0. The molecule has 0 aromatic heterocycles. The Hall–Kier alpha value is -1.46. The summed E-state index contributed by atoms with van der Waals surface area (Å²) in [5, 5.41) is 6.01. The summed E-state index contributed by atoms with van der Waals surface area (Å²) in [7, 11) is 0. The van der Waals surface area contributed by atoms with Crippen LogP contribution in [0.4, 0.5) is 4.39 Å². The first kappa shape index (κ1) is 13.0. The van der Waals surface area contributed by atoms with Crippen LogP contribution < -0.4 is 10.6 Å². The van der Waals surface area contributed by atoms with Crippen molar-refractivity contribution in [3.05, 3.63) is 35.1 Å². The van der Waals surface area contributed by atoms with Crippen LogP contribution in [-0.4, -0.2) is 38.3 Å². The van der Waals surface area contributed by atoms with Crippen LogP contribution in [0, 0.1) is 12.7 Å². The second-order valence-electron chi connectivity index (χ2n) is 4.45. The normalized spacial score (nSPS) is 19.6. The molecule has 1 amide bonds. The number of carbonyl (C=O) groups excluding carboxylic acids is 1. The minimum atomic E-state index is -0.390. The molecule has 0 spiro atoms. The lowest BCUT2D eigenvalue weighted by Gasteiger charge is -2.23. The SMILES string of the molecule is Cc1cc(F)cc(C(=O)NCC2COCCN2)c1. The van der Waals surface area contributed by atoms with Crippen molar-refractivity contribution in [2.24, 2.45) is 0 Å². The number of hydrogen-bond donors (Lipinski definition) is 2. The highest BCUT2D eigenvalue weighted by Gasteiger charge is 2.14. The highest BCUT2D eigenvalue weighted by Crippen LogP contribution is 2.08. The largest absolute Gasteiger partial charge is 0.378 e. The number of nitrogens with one attached hydrogen (secondary N) is 2. The van der Waals surface area contributed by atoms with Gasteiger partial charge in [-0.15, -0.1) is 0 Å². The summed E-state index contributed by atoms with van der Waals surface area (Å²) < 4.78 is 18.5. The Morgan fingerprint density at radius 1 is 1.56 bits per heavy atom.